The molecule has 2 N–H and O–H groups in total. The SMILES string of the molecule is Cc1ccc(N=Cc2sc(=O)[nH]c2O)c(C)c1. The molecule has 4 nitrogen and oxygen atoms in total. The lowest BCUT2D eigenvalue weighted by atomic mass is 10.1. The lowest BCUT2D eigenvalue weighted by molar-refractivity contribution is 0.455. The first-order valence-electron chi connectivity index (χ1n) is 5.09. The second-order valence-corrected chi connectivity index (χ2v) is 4.79. The van der Waals surface area contributed by atoms with Crippen molar-refractivity contribution in [1.82, 2.24) is 4.98 Å². The van der Waals surface area contributed by atoms with Crippen LogP contribution in [0.3, 0.4) is 0 Å². The van der Waals surface area contributed by atoms with Gasteiger partial charge >= 0.3 is 4.87 Å². The van der Waals surface area contributed by atoms with Crippen LogP contribution in [0, 0.1) is 13.8 Å². The van der Waals surface area contributed by atoms with Crippen LogP contribution >= 0.6 is 11.3 Å². The van der Waals surface area contributed by atoms with Gasteiger partial charge in [0.2, 0.25) is 5.88 Å². The van der Waals surface area contributed by atoms with Crippen molar-refractivity contribution in [2.45, 2.75) is 13.8 Å². The molecule has 2 aromatic rings. The molecule has 0 saturated carbocycles. The van der Waals surface area contributed by atoms with Crippen molar-refractivity contribution in [1.29, 1.82) is 0 Å². The Morgan fingerprint density at radius 2 is 2.18 bits per heavy atom. The van der Waals surface area contributed by atoms with Gasteiger partial charge in [-0.1, -0.05) is 29.0 Å². The lowest BCUT2D eigenvalue weighted by Crippen LogP contribution is -1.89. The largest absolute Gasteiger partial charge is 0.493 e. The number of thiazole rings is 1. The zero-order chi connectivity index (χ0) is 12.4. The van der Waals surface area contributed by atoms with E-state index < -0.39 is 0 Å². The van der Waals surface area contributed by atoms with Crippen LogP contribution in [0.25, 0.3) is 0 Å². The van der Waals surface area contributed by atoms with Crippen LogP contribution in [-0.4, -0.2) is 16.3 Å². The average molecular weight is 248 g/mol. The van der Waals surface area contributed by atoms with Crippen LogP contribution < -0.4 is 4.87 Å². The maximum Gasteiger partial charge on any atom is 0.307 e. The number of H-pyrrole nitrogens is 1. The highest BCUT2D eigenvalue weighted by Crippen LogP contribution is 2.20. The van der Waals surface area contributed by atoms with E-state index in [1.165, 1.54) is 11.8 Å². The highest BCUT2D eigenvalue weighted by atomic mass is 32.1. The zero-order valence-electron chi connectivity index (χ0n) is 9.52. The third kappa shape index (κ3) is 2.62. The molecule has 2 rings (SSSR count). The molecule has 0 unspecified atom stereocenters. The monoisotopic (exact) mass is 248 g/mol. The first-order chi connectivity index (χ1) is 8.06. The quantitative estimate of drug-likeness (QED) is 0.802. The first-order valence-corrected chi connectivity index (χ1v) is 5.91. The molecule has 0 saturated heterocycles. The molecule has 1 heterocycles. The molecule has 0 radical (unpaired) electrons. The standard InChI is InChI=1S/C12H12N2O2S/c1-7-3-4-9(8(2)5-7)13-6-10-11(15)14-12(16)17-10/h3-6,15H,1-2H3,(H,14,16). The van der Waals surface area contributed by atoms with E-state index in [1.54, 1.807) is 0 Å². The molecule has 0 amide bonds. The van der Waals surface area contributed by atoms with Gasteiger partial charge in [-0.25, -0.2) is 0 Å². The molecule has 5 heteroatoms. The molecule has 0 spiro atoms. The summed E-state index contributed by atoms with van der Waals surface area (Å²) >= 11 is 0.932. The van der Waals surface area contributed by atoms with Crippen LogP contribution in [0.1, 0.15) is 16.0 Å². The molecule has 0 aliphatic carbocycles. The van der Waals surface area contributed by atoms with Crippen LogP contribution in [-0.2, 0) is 0 Å². The number of rotatable bonds is 2. The van der Waals surface area contributed by atoms with E-state index in [2.05, 4.69) is 9.98 Å². The summed E-state index contributed by atoms with van der Waals surface area (Å²) in [5.74, 6) is -0.131. The lowest BCUT2D eigenvalue weighted by Gasteiger charge is -2.00. The van der Waals surface area contributed by atoms with Crippen LogP contribution in [0.5, 0.6) is 5.88 Å². The van der Waals surface area contributed by atoms with Gasteiger partial charge in [0, 0.05) is 0 Å². The molecule has 1 aromatic heterocycles. The Morgan fingerprint density at radius 3 is 2.76 bits per heavy atom. The molecule has 0 atom stereocenters. The fourth-order valence-electron chi connectivity index (χ4n) is 1.50. The van der Waals surface area contributed by atoms with E-state index in [0.29, 0.717) is 4.88 Å². The number of aryl methyl sites for hydroxylation is 2. The van der Waals surface area contributed by atoms with Crippen molar-refractivity contribution in [3.05, 3.63) is 43.9 Å². The van der Waals surface area contributed by atoms with Crippen molar-refractivity contribution >= 4 is 23.2 Å². The normalized spacial score (nSPS) is 11.2. The minimum atomic E-state index is -0.287. The summed E-state index contributed by atoms with van der Waals surface area (Å²) in [5.41, 5.74) is 3.06. The maximum atomic E-state index is 11.0. The number of aromatic hydroxyl groups is 1. The number of aromatic amines is 1. The van der Waals surface area contributed by atoms with Gasteiger partial charge in [-0.15, -0.1) is 0 Å². The van der Waals surface area contributed by atoms with Crippen LogP contribution in [0.2, 0.25) is 0 Å². The number of nitrogens with zero attached hydrogens (tertiary/aromatic N) is 1. The van der Waals surface area contributed by atoms with Gasteiger partial charge in [0.25, 0.3) is 0 Å². The van der Waals surface area contributed by atoms with Crippen molar-refractivity contribution in [3.63, 3.8) is 0 Å². The number of hydrogen-bond acceptors (Lipinski definition) is 4. The average Bonchev–Trinajstić information content (AvgIpc) is 2.56. The van der Waals surface area contributed by atoms with Crippen molar-refractivity contribution < 1.29 is 5.11 Å². The molecular formula is C12H12N2O2S. The van der Waals surface area contributed by atoms with Gasteiger partial charge in [-0.3, -0.25) is 14.8 Å². The minimum absolute atomic E-state index is 0.131. The van der Waals surface area contributed by atoms with Gasteiger partial charge in [0.15, 0.2) is 0 Å². The highest BCUT2D eigenvalue weighted by molar-refractivity contribution is 7.11. The Bertz CT molecular complexity index is 626. The molecule has 17 heavy (non-hydrogen) atoms. The van der Waals surface area contributed by atoms with Crippen LogP contribution in [0.15, 0.2) is 28.0 Å². The minimum Gasteiger partial charge on any atom is -0.493 e. The summed E-state index contributed by atoms with van der Waals surface area (Å²) in [6.07, 6.45) is 1.50. The van der Waals surface area contributed by atoms with Gasteiger partial charge in [-0.2, -0.15) is 0 Å². The van der Waals surface area contributed by atoms with Crippen molar-refractivity contribution in [3.8, 4) is 5.88 Å². The van der Waals surface area contributed by atoms with Gasteiger partial charge < -0.3 is 5.11 Å². The predicted molar refractivity (Wildman–Crippen MR) is 69.8 cm³/mol. The third-order valence-electron chi connectivity index (χ3n) is 2.33. The summed E-state index contributed by atoms with van der Waals surface area (Å²) < 4.78 is 0. The molecular weight excluding hydrogens is 236 g/mol. The number of hydrogen-bond donors (Lipinski definition) is 2. The fourth-order valence-corrected chi connectivity index (χ4v) is 2.10. The maximum absolute atomic E-state index is 11.0. The van der Waals surface area contributed by atoms with Gasteiger partial charge in [-0.05, 0) is 25.5 Å². The number of benzene rings is 1. The molecule has 88 valence electrons. The molecule has 0 aliphatic rings. The Hall–Kier alpha value is -1.88. The number of aromatic nitrogens is 1. The Kier molecular flexibility index (Phi) is 3.10. The van der Waals surface area contributed by atoms with Gasteiger partial charge in [0.1, 0.15) is 4.88 Å². The van der Waals surface area contributed by atoms with E-state index in [9.17, 15) is 9.90 Å². The van der Waals surface area contributed by atoms with E-state index in [1.807, 2.05) is 32.0 Å². The van der Waals surface area contributed by atoms with E-state index in [-0.39, 0.29) is 10.8 Å². The predicted octanol–water partition coefficient (Wildman–Crippen LogP) is 2.51. The smallest absolute Gasteiger partial charge is 0.307 e. The summed E-state index contributed by atoms with van der Waals surface area (Å²) in [6, 6.07) is 5.92. The van der Waals surface area contributed by atoms with E-state index >= 15 is 0 Å². The highest BCUT2D eigenvalue weighted by Gasteiger charge is 2.03. The van der Waals surface area contributed by atoms with E-state index in [0.717, 1.165) is 22.6 Å². The van der Waals surface area contributed by atoms with E-state index in [4.69, 9.17) is 0 Å². The Labute approximate surface area is 102 Å². The van der Waals surface area contributed by atoms with Crippen molar-refractivity contribution in [2.75, 3.05) is 0 Å². The summed E-state index contributed by atoms with van der Waals surface area (Å²) in [6.45, 7) is 3.99. The number of aliphatic imine (C=N–C) groups is 1. The fraction of sp³-hybridized carbons (Fsp3) is 0.167. The molecule has 0 aliphatic heterocycles. The Morgan fingerprint density at radius 1 is 1.41 bits per heavy atom. The Balaban J connectivity index is 2.32. The number of nitrogens with one attached hydrogen (secondary N) is 1. The summed E-state index contributed by atoms with van der Waals surface area (Å²) in [5, 5.41) is 9.39. The zero-order valence-corrected chi connectivity index (χ0v) is 10.3. The first kappa shape index (κ1) is 11.6. The summed E-state index contributed by atoms with van der Waals surface area (Å²) in [4.78, 5) is 17.7. The van der Waals surface area contributed by atoms with Crippen molar-refractivity contribution in [2.24, 2.45) is 4.99 Å². The summed E-state index contributed by atoms with van der Waals surface area (Å²) in [7, 11) is 0. The molecule has 0 fully saturated rings. The third-order valence-corrected chi connectivity index (χ3v) is 3.14. The molecule has 1 aromatic carbocycles. The second kappa shape index (κ2) is 4.55. The van der Waals surface area contributed by atoms with Gasteiger partial charge in [0.05, 0.1) is 11.9 Å². The second-order valence-electron chi connectivity index (χ2n) is 3.78. The topological polar surface area (TPSA) is 65.5 Å². The van der Waals surface area contributed by atoms with Crippen LogP contribution in [0.4, 0.5) is 5.69 Å². The molecule has 0 bridgehead atoms.